The van der Waals surface area contributed by atoms with Crippen LogP contribution < -0.4 is 4.74 Å². The molecule has 0 radical (unpaired) electrons. The maximum Gasteiger partial charge on any atom is 0.434 e. The Kier molecular flexibility index (Phi) is 5.88. The quantitative estimate of drug-likeness (QED) is 0.498. The van der Waals surface area contributed by atoms with Gasteiger partial charge in [-0.3, -0.25) is 0 Å². The van der Waals surface area contributed by atoms with Crippen LogP contribution in [-0.4, -0.2) is 36.6 Å². The molecule has 0 aliphatic carbocycles. The lowest BCUT2D eigenvalue weighted by molar-refractivity contribution is -0.312. The first-order chi connectivity index (χ1) is 10.9. The van der Waals surface area contributed by atoms with Gasteiger partial charge in [-0.05, 0) is 17.7 Å². The summed E-state index contributed by atoms with van der Waals surface area (Å²) >= 11 is 0. The van der Waals surface area contributed by atoms with E-state index in [0.717, 1.165) is 0 Å². The van der Waals surface area contributed by atoms with Gasteiger partial charge in [-0.25, -0.2) is 4.79 Å². The van der Waals surface area contributed by atoms with Gasteiger partial charge in [0.1, 0.15) is 11.9 Å². The maximum absolute atomic E-state index is 12.3. The number of hydrogen-bond donors (Lipinski definition) is 1. The van der Waals surface area contributed by atoms with Crippen LogP contribution in [0.2, 0.25) is 0 Å². The molecule has 0 saturated carbocycles. The minimum absolute atomic E-state index is 0.00770. The number of aliphatic hydroxyl groups is 1. The van der Waals surface area contributed by atoms with E-state index in [1.165, 1.54) is 31.4 Å². The first-order valence-electron chi connectivity index (χ1n) is 6.23. The molecule has 10 heteroatoms. The van der Waals surface area contributed by atoms with Crippen molar-refractivity contribution < 1.29 is 45.7 Å². The third-order valence-electron chi connectivity index (χ3n) is 2.84. The highest BCUT2D eigenvalue weighted by Crippen LogP contribution is 2.36. The predicted octanol–water partition coefficient (Wildman–Crippen LogP) is 3.32. The van der Waals surface area contributed by atoms with Gasteiger partial charge in [0.15, 0.2) is 0 Å². The van der Waals surface area contributed by atoms with Gasteiger partial charge >= 0.3 is 18.3 Å². The summed E-state index contributed by atoms with van der Waals surface area (Å²) in [4.78, 5) is 11.5. The van der Waals surface area contributed by atoms with E-state index in [2.05, 4.69) is 11.3 Å². The van der Waals surface area contributed by atoms with Crippen LogP contribution in [0.15, 0.2) is 36.4 Å². The van der Waals surface area contributed by atoms with Gasteiger partial charge in [0.05, 0.1) is 12.7 Å². The third kappa shape index (κ3) is 4.88. The molecule has 1 atom stereocenters. The molecule has 1 aromatic carbocycles. The molecule has 134 valence electrons. The molecule has 1 rings (SSSR count). The fourth-order valence-corrected chi connectivity index (χ4v) is 1.60. The number of aliphatic hydroxyl groups excluding tert-OH is 1. The van der Waals surface area contributed by atoms with E-state index >= 15 is 0 Å². The first kappa shape index (κ1) is 19.8. The van der Waals surface area contributed by atoms with Crippen molar-refractivity contribution in [2.75, 3.05) is 7.11 Å². The van der Waals surface area contributed by atoms with Crippen molar-refractivity contribution in [1.82, 2.24) is 0 Å². The summed E-state index contributed by atoms with van der Waals surface area (Å²) in [5, 5.41) is 9.84. The fourth-order valence-electron chi connectivity index (χ4n) is 1.60. The molecule has 0 aromatic heterocycles. The van der Waals surface area contributed by atoms with Crippen molar-refractivity contribution in [3.05, 3.63) is 42.0 Å². The van der Waals surface area contributed by atoms with Gasteiger partial charge < -0.3 is 14.6 Å². The molecule has 0 amide bonds. The summed E-state index contributed by atoms with van der Waals surface area (Å²) in [7, 11) is 1.36. The number of alkyl halides is 6. The number of benzene rings is 1. The molecule has 1 aromatic rings. The zero-order valence-electron chi connectivity index (χ0n) is 12.1. The van der Waals surface area contributed by atoms with Crippen molar-refractivity contribution in [2.24, 2.45) is 0 Å². The van der Waals surface area contributed by atoms with Crippen molar-refractivity contribution in [3.63, 3.8) is 0 Å². The Labute approximate surface area is 132 Å². The van der Waals surface area contributed by atoms with Crippen molar-refractivity contribution in [3.8, 4) is 5.75 Å². The molecule has 0 saturated heterocycles. The van der Waals surface area contributed by atoms with Crippen LogP contribution in [0.25, 0.3) is 0 Å². The van der Waals surface area contributed by atoms with Gasteiger partial charge in [0.2, 0.25) is 0 Å². The van der Waals surface area contributed by atoms with Crippen molar-refractivity contribution >= 4 is 5.97 Å². The highest BCUT2D eigenvalue weighted by atomic mass is 19.4. The van der Waals surface area contributed by atoms with E-state index in [-0.39, 0.29) is 5.56 Å². The van der Waals surface area contributed by atoms with Crippen LogP contribution in [0.3, 0.4) is 0 Å². The standard InChI is InChI=1S/C14H12F6O4/c1-7(10(21)8-3-5-9(23-2)6-4-8)11(22)24-12(13(15,16)17)14(18,19)20/h3-6,10,12,21H,1H2,2H3/t10-/m0/s1. The molecule has 0 aliphatic rings. The second-order valence-electron chi connectivity index (χ2n) is 4.57. The molecule has 4 nitrogen and oxygen atoms in total. The van der Waals surface area contributed by atoms with Crippen molar-refractivity contribution in [1.29, 1.82) is 0 Å². The number of methoxy groups -OCH3 is 1. The zero-order chi connectivity index (χ0) is 18.7. The SMILES string of the molecule is C=C(C(=O)OC(C(F)(F)F)C(F)(F)F)[C@H](O)c1ccc(OC)cc1. The second kappa shape index (κ2) is 7.12. The maximum atomic E-state index is 12.3. The van der Waals surface area contributed by atoms with Gasteiger partial charge in [-0.15, -0.1) is 0 Å². The number of esters is 1. The summed E-state index contributed by atoms with van der Waals surface area (Å²) < 4.78 is 82.4. The van der Waals surface area contributed by atoms with E-state index in [1.54, 1.807) is 0 Å². The van der Waals surface area contributed by atoms with E-state index in [1.807, 2.05) is 0 Å². The summed E-state index contributed by atoms with van der Waals surface area (Å²) in [6.45, 7) is 3.00. The fraction of sp³-hybridized carbons (Fsp3) is 0.357. The number of carbonyl (C=O) groups excluding carboxylic acids is 1. The van der Waals surface area contributed by atoms with E-state index in [9.17, 15) is 36.2 Å². The number of rotatable bonds is 5. The molecule has 0 unspecified atom stereocenters. The van der Waals surface area contributed by atoms with Crippen LogP contribution in [0.5, 0.6) is 5.75 Å². The second-order valence-corrected chi connectivity index (χ2v) is 4.57. The van der Waals surface area contributed by atoms with Crippen LogP contribution in [0.1, 0.15) is 11.7 Å². The van der Waals surface area contributed by atoms with Crippen LogP contribution >= 0.6 is 0 Å². The molecule has 0 heterocycles. The molecule has 24 heavy (non-hydrogen) atoms. The Morgan fingerprint density at radius 3 is 1.92 bits per heavy atom. The Balaban J connectivity index is 2.90. The normalized spacial score (nSPS) is 13.5. The zero-order valence-corrected chi connectivity index (χ0v) is 12.1. The van der Waals surface area contributed by atoms with Gasteiger partial charge in [-0.2, -0.15) is 26.3 Å². The minimum Gasteiger partial charge on any atom is -0.497 e. The van der Waals surface area contributed by atoms with Crippen LogP contribution in [-0.2, 0) is 9.53 Å². The van der Waals surface area contributed by atoms with E-state index in [4.69, 9.17) is 4.74 Å². The van der Waals surface area contributed by atoms with Gasteiger partial charge in [0.25, 0.3) is 6.10 Å². The van der Waals surface area contributed by atoms with Crippen LogP contribution in [0, 0.1) is 0 Å². The molecule has 0 bridgehead atoms. The van der Waals surface area contributed by atoms with Gasteiger partial charge in [0, 0.05) is 0 Å². The lowest BCUT2D eigenvalue weighted by atomic mass is 10.0. The number of halogens is 6. The summed E-state index contributed by atoms with van der Waals surface area (Å²) in [5.41, 5.74) is -0.966. The number of ether oxygens (including phenoxy) is 2. The number of carbonyl (C=O) groups is 1. The highest BCUT2D eigenvalue weighted by Gasteiger charge is 2.60. The molecular formula is C14H12F6O4. The molecule has 0 aliphatic heterocycles. The summed E-state index contributed by atoms with van der Waals surface area (Å²) in [5.74, 6) is -1.63. The minimum atomic E-state index is -5.85. The lowest BCUT2D eigenvalue weighted by Crippen LogP contribution is -2.45. The third-order valence-corrected chi connectivity index (χ3v) is 2.84. The topological polar surface area (TPSA) is 55.8 Å². The Morgan fingerprint density at radius 2 is 1.54 bits per heavy atom. The lowest BCUT2D eigenvalue weighted by Gasteiger charge is -2.24. The molecule has 1 N–H and O–H groups in total. The average Bonchev–Trinajstić information content (AvgIpc) is 2.48. The Hall–Kier alpha value is -2.23. The molecular weight excluding hydrogens is 346 g/mol. The van der Waals surface area contributed by atoms with E-state index in [0.29, 0.717) is 5.75 Å². The number of hydrogen-bond acceptors (Lipinski definition) is 4. The first-order valence-corrected chi connectivity index (χ1v) is 6.23. The predicted molar refractivity (Wildman–Crippen MR) is 69.1 cm³/mol. The summed E-state index contributed by atoms with van der Waals surface area (Å²) in [6.07, 6.45) is -17.8. The van der Waals surface area contributed by atoms with Crippen LogP contribution in [0.4, 0.5) is 26.3 Å². The van der Waals surface area contributed by atoms with Gasteiger partial charge in [-0.1, -0.05) is 18.7 Å². The largest absolute Gasteiger partial charge is 0.497 e. The Morgan fingerprint density at radius 1 is 1.08 bits per heavy atom. The summed E-state index contributed by atoms with van der Waals surface area (Å²) in [6, 6.07) is 5.25. The highest BCUT2D eigenvalue weighted by molar-refractivity contribution is 5.89. The molecule has 0 fully saturated rings. The molecule has 0 spiro atoms. The average molecular weight is 358 g/mol. The van der Waals surface area contributed by atoms with Crippen molar-refractivity contribution in [2.45, 2.75) is 24.6 Å². The monoisotopic (exact) mass is 358 g/mol. The van der Waals surface area contributed by atoms with E-state index < -0.39 is 36.1 Å². The Bertz CT molecular complexity index is 577. The smallest absolute Gasteiger partial charge is 0.434 e.